The molecule has 0 fully saturated rings. The van der Waals surface area contributed by atoms with Gasteiger partial charge in [0.15, 0.2) is 5.78 Å². The number of benzene rings is 2. The van der Waals surface area contributed by atoms with Crippen molar-refractivity contribution in [3.63, 3.8) is 0 Å². The monoisotopic (exact) mass is 340 g/mol. The summed E-state index contributed by atoms with van der Waals surface area (Å²) >= 11 is 0. The van der Waals surface area contributed by atoms with Gasteiger partial charge in [-0.15, -0.1) is 12.4 Å². The van der Waals surface area contributed by atoms with Crippen LogP contribution in [0.5, 0.6) is 0 Å². The zero-order valence-electron chi connectivity index (χ0n) is 13.6. The summed E-state index contributed by atoms with van der Waals surface area (Å²) < 4.78 is 0. The van der Waals surface area contributed by atoms with Crippen LogP contribution in [0.2, 0.25) is 0 Å². The fraction of sp³-hybridized carbons (Fsp3) is 0.250. The number of nitrogens with one attached hydrogen (secondary N) is 2. The first-order valence-corrected chi connectivity index (χ1v) is 8.18. The van der Waals surface area contributed by atoms with Crippen LogP contribution in [0.3, 0.4) is 0 Å². The summed E-state index contributed by atoms with van der Waals surface area (Å²) in [6.07, 6.45) is 1.00. The summed E-state index contributed by atoms with van der Waals surface area (Å²) in [6.45, 7) is 2.93. The molecule has 0 saturated heterocycles. The number of hydrogen-bond acceptors (Lipinski definition) is 2. The summed E-state index contributed by atoms with van der Waals surface area (Å²) in [5, 5.41) is 4.82. The van der Waals surface area contributed by atoms with E-state index >= 15 is 0 Å². The van der Waals surface area contributed by atoms with Crippen LogP contribution in [-0.2, 0) is 6.42 Å². The number of aromatic amines is 1. The van der Waals surface area contributed by atoms with Crippen LogP contribution in [0, 0.1) is 5.92 Å². The van der Waals surface area contributed by atoms with Crippen molar-refractivity contribution in [3.05, 3.63) is 71.4 Å². The average molecular weight is 341 g/mol. The molecule has 4 heteroatoms. The van der Waals surface area contributed by atoms with E-state index in [9.17, 15) is 4.79 Å². The van der Waals surface area contributed by atoms with Gasteiger partial charge in [-0.1, -0.05) is 55.5 Å². The third-order valence-corrected chi connectivity index (χ3v) is 4.87. The van der Waals surface area contributed by atoms with Crippen LogP contribution in [-0.4, -0.2) is 17.3 Å². The fourth-order valence-electron chi connectivity index (χ4n) is 3.65. The van der Waals surface area contributed by atoms with Crippen LogP contribution in [0.25, 0.3) is 10.9 Å². The Morgan fingerprint density at radius 3 is 2.58 bits per heavy atom. The number of carbonyl (C=O) groups is 1. The topological polar surface area (TPSA) is 44.9 Å². The number of fused-ring (bicyclic) bond motifs is 3. The molecule has 2 unspecified atom stereocenters. The zero-order chi connectivity index (χ0) is 15.8. The minimum atomic E-state index is -0.107. The standard InChI is InChI=1S/C20H20N2O.ClH/c1-13(20(23)14-7-3-2-4-8-14)18-19-16(11-12-21-18)15-9-5-6-10-17(15)22-19;/h2-10,13,18,21-22H,11-12H2,1H3;1H. The lowest BCUT2D eigenvalue weighted by molar-refractivity contribution is 0.0898. The molecule has 0 bridgehead atoms. The number of carbonyl (C=O) groups excluding carboxylic acids is 1. The Morgan fingerprint density at radius 2 is 1.79 bits per heavy atom. The van der Waals surface area contributed by atoms with Gasteiger partial charge in [-0.25, -0.2) is 0 Å². The van der Waals surface area contributed by atoms with Crippen LogP contribution in [0.1, 0.15) is 34.6 Å². The Hall–Kier alpha value is -2.10. The maximum absolute atomic E-state index is 12.8. The van der Waals surface area contributed by atoms with E-state index in [-0.39, 0.29) is 30.2 Å². The summed E-state index contributed by atoms with van der Waals surface area (Å²) in [7, 11) is 0. The minimum Gasteiger partial charge on any atom is -0.357 e. The molecule has 2 atom stereocenters. The van der Waals surface area contributed by atoms with E-state index < -0.39 is 0 Å². The van der Waals surface area contributed by atoms with Crippen LogP contribution < -0.4 is 5.32 Å². The van der Waals surface area contributed by atoms with Gasteiger partial charge in [0.2, 0.25) is 0 Å². The van der Waals surface area contributed by atoms with Gasteiger partial charge in [0.05, 0.1) is 6.04 Å². The molecule has 3 nitrogen and oxygen atoms in total. The summed E-state index contributed by atoms with van der Waals surface area (Å²) in [6, 6.07) is 18.0. The number of H-pyrrole nitrogens is 1. The normalized spacial score (nSPS) is 17.8. The average Bonchev–Trinajstić information content (AvgIpc) is 3.00. The van der Waals surface area contributed by atoms with Gasteiger partial charge in [0, 0.05) is 28.1 Å². The molecular formula is C20H21ClN2O. The lowest BCUT2D eigenvalue weighted by Gasteiger charge is -2.28. The molecular weight excluding hydrogens is 320 g/mol. The lowest BCUT2D eigenvalue weighted by atomic mass is 9.86. The second kappa shape index (κ2) is 6.80. The zero-order valence-corrected chi connectivity index (χ0v) is 14.4. The van der Waals surface area contributed by atoms with E-state index in [0.29, 0.717) is 0 Å². The van der Waals surface area contributed by atoms with Crippen molar-refractivity contribution in [2.45, 2.75) is 19.4 Å². The number of ketones is 1. The lowest BCUT2D eigenvalue weighted by Crippen LogP contribution is -2.36. The molecule has 24 heavy (non-hydrogen) atoms. The van der Waals surface area contributed by atoms with Crippen molar-refractivity contribution in [2.75, 3.05) is 6.54 Å². The molecule has 0 aliphatic carbocycles. The second-order valence-electron chi connectivity index (χ2n) is 6.26. The van der Waals surface area contributed by atoms with Crippen molar-refractivity contribution in [1.29, 1.82) is 0 Å². The minimum absolute atomic E-state index is 0. The van der Waals surface area contributed by atoms with Crippen LogP contribution in [0.15, 0.2) is 54.6 Å². The van der Waals surface area contributed by atoms with Crippen molar-refractivity contribution in [2.24, 2.45) is 5.92 Å². The number of aromatic nitrogens is 1. The van der Waals surface area contributed by atoms with E-state index in [1.165, 1.54) is 16.6 Å². The predicted octanol–water partition coefficient (Wildman–Crippen LogP) is 4.30. The number of Topliss-reactive ketones (excluding diaryl/α,β-unsaturated/α-hetero) is 1. The van der Waals surface area contributed by atoms with Gasteiger partial charge < -0.3 is 10.3 Å². The first kappa shape index (κ1) is 16.7. The van der Waals surface area contributed by atoms with Crippen molar-refractivity contribution >= 4 is 29.1 Å². The highest BCUT2D eigenvalue weighted by atomic mass is 35.5. The SMILES string of the molecule is CC(C(=O)c1ccccc1)C1NCCc2c1[nH]c1ccccc21.Cl. The molecule has 0 amide bonds. The molecule has 2 N–H and O–H groups in total. The van der Waals surface area contributed by atoms with Crippen molar-refractivity contribution < 1.29 is 4.79 Å². The molecule has 3 aromatic rings. The van der Waals surface area contributed by atoms with Gasteiger partial charge in [0.25, 0.3) is 0 Å². The molecule has 0 saturated carbocycles. The number of halogens is 1. The third kappa shape index (κ3) is 2.74. The molecule has 124 valence electrons. The maximum atomic E-state index is 12.8. The van der Waals surface area contributed by atoms with Gasteiger partial charge >= 0.3 is 0 Å². The molecule has 0 spiro atoms. The van der Waals surface area contributed by atoms with Crippen molar-refractivity contribution in [1.82, 2.24) is 10.3 Å². The smallest absolute Gasteiger partial charge is 0.167 e. The fourth-order valence-corrected chi connectivity index (χ4v) is 3.65. The van der Waals surface area contributed by atoms with Gasteiger partial charge in [0.1, 0.15) is 0 Å². The van der Waals surface area contributed by atoms with E-state index in [1.807, 2.05) is 43.3 Å². The Labute approximate surface area is 147 Å². The Bertz CT molecular complexity index is 856. The highest BCUT2D eigenvalue weighted by Gasteiger charge is 2.31. The van der Waals surface area contributed by atoms with Crippen LogP contribution >= 0.6 is 12.4 Å². The van der Waals surface area contributed by atoms with Gasteiger partial charge in [-0.3, -0.25) is 4.79 Å². The van der Waals surface area contributed by atoms with Gasteiger partial charge in [-0.2, -0.15) is 0 Å². The summed E-state index contributed by atoms with van der Waals surface area (Å²) in [5.74, 6) is 0.0825. The number of hydrogen-bond donors (Lipinski definition) is 2. The summed E-state index contributed by atoms with van der Waals surface area (Å²) in [5.41, 5.74) is 4.47. The predicted molar refractivity (Wildman–Crippen MR) is 99.9 cm³/mol. The first-order valence-electron chi connectivity index (χ1n) is 8.18. The van der Waals surface area contributed by atoms with E-state index in [2.05, 4.69) is 28.5 Å². The molecule has 1 aliphatic heterocycles. The molecule has 4 rings (SSSR count). The van der Waals surface area contributed by atoms with E-state index in [1.54, 1.807) is 0 Å². The first-order chi connectivity index (χ1) is 11.3. The Morgan fingerprint density at radius 1 is 1.08 bits per heavy atom. The summed E-state index contributed by atoms with van der Waals surface area (Å²) in [4.78, 5) is 16.4. The second-order valence-corrected chi connectivity index (χ2v) is 6.26. The largest absolute Gasteiger partial charge is 0.357 e. The quantitative estimate of drug-likeness (QED) is 0.698. The maximum Gasteiger partial charge on any atom is 0.167 e. The molecule has 2 aromatic carbocycles. The molecule has 1 aromatic heterocycles. The number of rotatable bonds is 3. The van der Waals surface area contributed by atoms with Crippen LogP contribution in [0.4, 0.5) is 0 Å². The molecule has 2 heterocycles. The molecule has 0 radical (unpaired) electrons. The number of para-hydroxylation sites is 1. The third-order valence-electron chi connectivity index (χ3n) is 4.87. The van der Waals surface area contributed by atoms with E-state index in [0.717, 1.165) is 24.0 Å². The van der Waals surface area contributed by atoms with Crippen molar-refractivity contribution in [3.8, 4) is 0 Å². The van der Waals surface area contributed by atoms with E-state index in [4.69, 9.17) is 0 Å². The van der Waals surface area contributed by atoms with Gasteiger partial charge in [-0.05, 0) is 24.6 Å². The Balaban J connectivity index is 0.00000169. The Kier molecular flexibility index (Phi) is 4.74. The molecule has 1 aliphatic rings. The highest BCUT2D eigenvalue weighted by molar-refractivity contribution is 5.98. The highest BCUT2D eigenvalue weighted by Crippen LogP contribution is 2.34.